The van der Waals surface area contributed by atoms with Crippen LogP contribution in [-0.2, 0) is 4.74 Å². The number of halogens is 1. The molecule has 1 aliphatic heterocycles. The average Bonchev–Trinajstić information content (AvgIpc) is 3.26. The van der Waals surface area contributed by atoms with Crippen LogP contribution in [0.4, 0.5) is 0 Å². The van der Waals surface area contributed by atoms with Gasteiger partial charge in [0.05, 0.1) is 11.6 Å². The maximum absolute atomic E-state index is 6.12. The van der Waals surface area contributed by atoms with Crippen LogP contribution < -0.4 is 5.32 Å². The van der Waals surface area contributed by atoms with E-state index >= 15 is 0 Å². The largest absolute Gasteiger partial charge is 0.385 e. The van der Waals surface area contributed by atoms with Gasteiger partial charge in [0.15, 0.2) is 5.11 Å². The number of thiocarbonyl (C=S) groups is 1. The quantitative estimate of drug-likeness (QED) is 0.368. The van der Waals surface area contributed by atoms with Crippen LogP contribution in [0.5, 0.6) is 0 Å². The van der Waals surface area contributed by atoms with Crippen molar-refractivity contribution < 1.29 is 9.26 Å². The highest BCUT2D eigenvalue weighted by atomic mass is 35.5. The van der Waals surface area contributed by atoms with Gasteiger partial charge in [-0.25, -0.2) is 0 Å². The van der Waals surface area contributed by atoms with Gasteiger partial charge in [-0.15, -0.1) is 0 Å². The van der Waals surface area contributed by atoms with Crippen molar-refractivity contribution in [1.82, 2.24) is 20.4 Å². The van der Waals surface area contributed by atoms with E-state index in [2.05, 4.69) is 15.4 Å². The van der Waals surface area contributed by atoms with Gasteiger partial charge in [-0.2, -0.15) is 4.98 Å². The minimum Gasteiger partial charge on any atom is -0.385 e. The minimum absolute atomic E-state index is 0.232. The fourth-order valence-electron chi connectivity index (χ4n) is 3.83. The molecular weight excluding hydrogens is 444 g/mol. The Morgan fingerprint density at radius 1 is 1.19 bits per heavy atom. The number of nitrogens with zero attached hydrogens (tertiary/aromatic N) is 3. The molecule has 1 unspecified atom stereocenters. The Hall–Kier alpha value is -2.74. The highest BCUT2D eigenvalue weighted by Gasteiger charge is 2.33. The first kappa shape index (κ1) is 22.5. The van der Waals surface area contributed by atoms with Crippen molar-refractivity contribution in [1.29, 1.82) is 0 Å². The first-order valence-electron chi connectivity index (χ1n) is 10.4. The predicted octanol–water partition coefficient (Wildman–Crippen LogP) is 5.40. The highest BCUT2D eigenvalue weighted by molar-refractivity contribution is 7.80. The summed E-state index contributed by atoms with van der Waals surface area (Å²) >= 11 is 11.8. The van der Waals surface area contributed by atoms with E-state index < -0.39 is 0 Å². The summed E-state index contributed by atoms with van der Waals surface area (Å²) in [6.45, 7) is 5.45. The zero-order valence-corrected chi connectivity index (χ0v) is 19.8. The molecule has 8 heteroatoms. The number of methoxy groups -OCH3 is 1. The summed E-state index contributed by atoms with van der Waals surface area (Å²) in [5, 5.41) is 9.04. The zero-order chi connectivity index (χ0) is 22.7. The Bertz CT molecular complexity index is 1140. The van der Waals surface area contributed by atoms with E-state index in [1.807, 2.05) is 62.4 Å². The molecule has 166 valence electrons. The molecule has 0 aliphatic carbocycles. The lowest BCUT2D eigenvalue weighted by Crippen LogP contribution is -2.46. The Balaban J connectivity index is 1.77. The average molecular weight is 469 g/mol. The summed E-state index contributed by atoms with van der Waals surface area (Å²) in [6, 6.07) is 15.5. The van der Waals surface area contributed by atoms with Gasteiger partial charge < -0.3 is 19.5 Å². The van der Waals surface area contributed by atoms with E-state index in [9.17, 15) is 0 Å². The lowest BCUT2D eigenvalue weighted by Gasteiger charge is -2.37. The number of ether oxygens (including phenoxy) is 1. The number of aryl methyl sites for hydroxylation is 1. The predicted molar refractivity (Wildman–Crippen MR) is 130 cm³/mol. The number of nitrogens with one attached hydrogen (secondary N) is 1. The SMILES string of the molecule is COCCCN1C(=S)NC(c2ccc(Cl)cc2)C(c2nc(-c3cccc(C)c3)no2)=C1C. The molecule has 0 saturated carbocycles. The van der Waals surface area contributed by atoms with E-state index in [1.54, 1.807) is 7.11 Å². The minimum atomic E-state index is -0.232. The number of allylic oxidation sites excluding steroid dienone is 1. The van der Waals surface area contributed by atoms with Gasteiger partial charge in [0.2, 0.25) is 5.82 Å². The van der Waals surface area contributed by atoms with Gasteiger partial charge in [0.25, 0.3) is 5.89 Å². The van der Waals surface area contributed by atoms with Gasteiger partial charge in [-0.3, -0.25) is 0 Å². The van der Waals surface area contributed by atoms with Crippen molar-refractivity contribution in [2.75, 3.05) is 20.3 Å². The summed E-state index contributed by atoms with van der Waals surface area (Å²) in [7, 11) is 1.70. The van der Waals surface area contributed by atoms with E-state index in [0.717, 1.165) is 40.9 Å². The van der Waals surface area contributed by atoms with Crippen LogP contribution in [0.1, 0.15) is 36.4 Å². The zero-order valence-electron chi connectivity index (χ0n) is 18.3. The maximum Gasteiger partial charge on any atom is 0.258 e. The Labute approximate surface area is 198 Å². The van der Waals surface area contributed by atoms with Gasteiger partial charge in [0.1, 0.15) is 0 Å². The van der Waals surface area contributed by atoms with E-state index in [1.165, 1.54) is 0 Å². The molecule has 6 nitrogen and oxygen atoms in total. The van der Waals surface area contributed by atoms with Crippen molar-refractivity contribution in [3.05, 3.63) is 76.3 Å². The topological polar surface area (TPSA) is 63.4 Å². The molecule has 2 heterocycles. The van der Waals surface area contributed by atoms with Crippen LogP contribution in [-0.4, -0.2) is 40.4 Å². The highest BCUT2D eigenvalue weighted by Crippen LogP contribution is 2.37. The lowest BCUT2D eigenvalue weighted by molar-refractivity contribution is 0.188. The second-order valence-electron chi connectivity index (χ2n) is 7.72. The fraction of sp³-hybridized carbons (Fsp3) is 0.292. The van der Waals surface area contributed by atoms with Crippen LogP contribution in [0.15, 0.2) is 58.8 Å². The van der Waals surface area contributed by atoms with Crippen molar-refractivity contribution in [3.63, 3.8) is 0 Å². The number of rotatable bonds is 7. The summed E-state index contributed by atoms with van der Waals surface area (Å²) < 4.78 is 11.0. The number of hydrogen-bond acceptors (Lipinski definition) is 5. The van der Waals surface area contributed by atoms with Crippen LogP contribution >= 0.6 is 23.8 Å². The van der Waals surface area contributed by atoms with Gasteiger partial charge in [0, 0.05) is 36.5 Å². The smallest absolute Gasteiger partial charge is 0.258 e. The third kappa shape index (κ3) is 4.70. The monoisotopic (exact) mass is 468 g/mol. The molecular formula is C24H25ClN4O2S. The molecule has 3 aromatic rings. The summed E-state index contributed by atoms with van der Waals surface area (Å²) in [6.07, 6.45) is 0.840. The van der Waals surface area contributed by atoms with E-state index in [4.69, 9.17) is 38.1 Å². The molecule has 1 aliphatic rings. The Kier molecular flexibility index (Phi) is 6.89. The number of benzene rings is 2. The molecule has 0 spiro atoms. The van der Waals surface area contributed by atoms with Crippen LogP contribution in [0.3, 0.4) is 0 Å². The molecule has 1 N–H and O–H groups in total. The number of hydrogen-bond donors (Lipinski definition) is 1. The van der Waals surface area contributed by atoms with Crippen molar-refractivity contribution in [2.45, 2.75) is 26.3 Å². The van der Waals surface area contributed by atoms with Crippen LogP contribution in [0.25, 0.3) is 17.0 Å². The van der Waals surface area contributed by atoms with Crippen LogP contribution in [0.2, 0.25) is 5.02 Å². The molecule has 4 rings (SSSR count). The molecule has 2 aromatic carbocycles. The third-order valence-electron chi connectivity index (χ3n) is 5.46. The standard InChI is InChI=1S/C24H25ClN4O2S/c1-15-6-4-7-18(14-15)22-27-23(31-28-22)20-16(2)29(12-5-13-30-3)24(32)26-21(20)17-8-10-19(25)11-9-17/h4,6-11,14,21H,5,12-13H2,1-3H3,(H,26,32). The van der Waals surface area contributed by atoms with Crippen LogP contribution in [0, 0.1) is 6.92 Å². The summed E-state index contributed by atoms with van der Waals surface area (Å²) in [5.74, 6) is 1.02. The third-order valence-corrected chi connectivity index (χ3v) is 6.05. The fourth-order valence-corrected chi connectivity index (χ4v) is 4.31. The maximum atomic E-state index is 6.12. The molecule has 0 bridgehead atoms. The summed E-state index contributed by atoms with van der Waals surface area (Å²) in [4.78, 5) is 6.81. The molecule has 1 atom stereocenters. The normalized spacial score (nSPS) is 16.4. The first-order valence-corrected chi connectivity index (χ1v) is 11.2. The Morgan fingerprint density at radius 2 is 1.97 bits per heavy atom. The van der Waals surface area contributed by atoms with Gasteiger partial charge in [-0.05, 0) is 56.2 Å². The second-order valence-corrected chi connectivity index (χ2v) is 8.55. The number of aromatic nitrogens is 2. The molecule has 0 fully saturated rings. The molecule has 0 saturated heterocycles. The molecule has 32 heavy (non-hydrogen) atoms. The van der Waals surface area contributed by atoms with Crippen molar-refractivity contribution in [2.24, 2.45) is 0 Å². The van der Waals surface area contributed by atoms with Gasteiger partial charge >= 0.3 is 0 Å². The molecule has 0 radical (unpaired) electrons. The summed E-state index contributed by atoms with van der Waals surface area (Å²) in [5.41, 5.74) is 4.93. The molecule has 1 aromatic heterocycles. The van der Waals surface area contributed by atoms with Crippen molar-refractivity contribution >= 4 is 34.5 Å². The van der Waals surface area contributed by atoms with E-state index in [-0.39, 0.29) is 6.04 Å². The van der Waals surface area contributed by atoms with Crippen molar-refractivity contribution in [3.8, 4) is 11.4 Å². The van der Waals surface area contributed by atoms with E-state index in [0.29, 0.717) is 28.5 Å². The first-order chi connectivity index (χ1) is 15.5. The Morgan fingerprint density at radius 3 is 2.69 bits per heavy atom. The van der Waals surface area contributed by atoms with Gasteiger partial charge in [-0.1, -0.05) is 52.7 Å². The second kappa shape index (κ2) is 9.81. The lowest BCUT2D eigenvalue weighted by atomic mass is 9.95. The molecule has 0 amide bonds.